The summed E-state index contributed by atoms with van der Waals surface area (Å²) in [7, 11) is 0. The Kier molecular flexibility index (Phi) is 4.33. The Balaban J connectivity index is 3.24. The SMILES string of the molecule is O=C(O)Cc1c(F)cnc(OC(F)(F)F)c1CCl. The first-order valence-electron chi connectivity index (χ1n) is 4.44. The normalized spacial score (nSPS) is 11.4. The monoisotopic (exact) mass is 287 g/mol. The number of carboxylic acids is 1. The molecular weight excluding hydrogens is 282 g/mol. The fourth-order valence-corrected chi connectivity index (χ4v) is 1.50. The third-order valence-corrected chi connectivity index (χ3v) is 2.15. The smallest absolute Gasteiger partial charge is 0.481 e. The van der Waals surface area contributed by atoms with E-state index in [1.54, 1.807) is 0 Å². The molecule has 0 fully saturated rings. The first-order valence-corrected chi connectivity index (χ1v) is 4.97. The summed E-state index contributed by atoms with van der Waals surface area (Å²) in [5.41, 5.74) is -0.914. The van der Waals surface area contributed by atoms with Crippen LogP contribution in [0.15, 0.2) is 6.20 Å². The molecule has 0 saturated carbocycles. The average molecular weight is 288 g/mol. The first kappa shape index (κ1) is 14.5. The molecule has 4 nitrogen and oxygen atoms in total. The lowest BCUT2D eigenvalue weighted by atomic mass is 10.1. The van der Waals surface area contributed by atoms with Gasteiger partial charge in [0.1, 0.15) is 5.82 Å². The Morgan fingerprint density at radius 3 is 2.50 bits per heavy atom. The van der Waals surface area contributed by atoms with Crippen LogP contribution in [0.1, 0.15) is 11.1 Å². The van der Waals surface area contributed by atoms with Gasteiger partial charge in [-0.2, -0.15) is 0 Å². The van der Waals surface area contributed by atoms with E-state index in [4.69, 9.17) is 16.7 Å². The maximum absolute atomic E-state index is 13.3. The summed E-state index contributed by atoms with van der Waals surface area (Å²) < 4.78 is 52.9. The summed E-state index contributed by atoms with van der Waals surface area (Å²) in [5, 5.41) is 8.54. The van der Waals surface area contributed by atoms with Gasteiger partial charge in [0.15, 0.2) is 0 Å². The van der Waals surface area contributed by atoms with E-state index in [1.807, 2.05) is 0 Å². The van der Waals surface area contributed by atoms with Crippen LogP contribution in [0.2, 0.25) is 0 Å². The van der Waals surface area contributed by atoms with Crippen LogP contribution in [0.4, 0.5) is 17.6 Å². The van der Waals surface area contributed by atoms with Crippen molar-refractivity contribution >= 4 is 17.6 Å². The second-order valence-corrected chi connectivity index (χ2v) is 3.39. The van der Waals surface area contributed by atoms with Gasteiger partial charge in [-0.15, -0.1) is 24.8 Å². The zero-order chi connectivity index (χ0) is 13.9. The van der Waals surface area contributed by atoms with Crippen molar-refractivity contribution in [1.29, 1.82) is 0 Å². The van der Waals surface area contributed by atoms with Gasteiger partial charge in [0.25, 0.3) is 0 Å². The number of hydrogen-bond donors (Lipinski definition) is 1. The molecule has 0 atom stereocenters. The number of nitrogens with zero attached hydrogens (tertiary/aromatic N) is 1. The molecule has 0 bridgehead atoms. The summed E-state index contributed by atoms with van der Waals surface area (Å²) in [6.07, 6.45) is -5.38. The van der Waals surface area contributed by atoms with Crippen LogP contribution in [-0.4, -0.2) is 22.4 Å². The Bertz CT molecular complexity index is 464. The summed E-state index contributed by atoms with van der Waals surface area (Å²) in [6.45, 7) is 0. The fourth-order valence-electron chi connectivity index (χ4n) is 1.22. The molecule has 0 aliphatic rings. The van der Waals surface area contributed by atoms with E-state index in [2.05, 4.69) is 9.72 Å². The largest absolute Gasteiger partial charge is 0.574 e. The Morgan fingerprint density at radius 1 is 1.44 bits per heavy atom. The zero-order valence-corrected chi connectivity index (χ0v) is 9.35. The van der Waals surface area contributed by atoms with Crippen LogP contribution in [0.3, 0.4) is 0 Å². The molecule has 0 saturated heterocycles. The van der Waals surface area contributed by atoms with Gasteiger partial charge in [0, 0.05) is 11.1 Å². The highest BCUT2D eigenvalue weighted by Crippen LogP contribution is 2.29. The molecule has 0 amide bonds. The van der Waals surface area contributed by atoms with Crippen molar-refractivity contribution in [2.45, 2.75) is 18.7 Å². The number of carboxylic acid groups (broad SMARTS) is 1. The number of hydrogen-bond acceptors (Lipinski definition) is 3. The predicted molar refractivity (Wildman–Crippen MR) is 51.8 cm³/mol. The molecule has 1 N–H and O–H groups in total. The second kappa shape index (κ2) is 5.38. The number of aliphatic carboxylic acids is 1. The highest BCUT2D eigenvalue weighted by atomic mass is 35.5. The van der Waals surface area contributed by atoms with Crippen LogP contribution >= 0.6 is 11.6 Å². The molecule has 9 heteroatoms. The Morgan fingerprint density at radius 2 is 2.06 bits per heavy atom. The lowest BCUT2D eigenvalue weighted by molar-refractivity contribution is -0.276. The van der Waals surface area contributed by atoms with E-state index in [0.717, 1.165) is 0 Å². The summed E-state index contributed by atoms with van der Waals surface area (Å²) in [6, 6.07) is 0. The van der Waals surface area contributed by atoms with Crippen molar-refractivity contribution in [3.05, 3.63) is 23.1 Å². The number of halogens is 5. The number of ether oxygens (including phenoxy) is 1. The van der Waals surface area contributed by atoms with Crippen molar-refractivity contribution in [2.75, 3.05) is 0 Å². The highest BCUT2D eigenvalue weighted by Gasteiger charge is 2.33. The molecule has 1 heterocycles. The van der Waals surface area contributed by atoms with Gasteiger partial charge < -0.3 is 9.84 Å². The van der Waals surface area contributed by atoms with Crippen LogP contribution in [0.25, 0.3) is 0 Å². The number of alkyl halides is 4. The maximum Gasteiger partial charge on any atom is 0.574 e. The molecule has 0 radical (unpaired) electrons. The maximum atomic E-state index is 13.3. The minimum Gasteiger partial charge on any atom is -0.481 e. The number of rotatable bonds is 4. The molecule has 18 heavy (non-hydrogen) atoms. The van der Waals surface area contributed by atoms with Gasteiger partial charge in [0.05, 0.1) is 18.5 Å². The van der Waals surface area contributed by atoms with Gasteiger partial charge in [0.2, 0.25) is 5.88 Å². The Hall–Kier alpha value is -1.57. The van der Waals surface area contributed by atoms with E-state index in [-0.39, 0.29) is 0 Å². The third-order valence-electron chi connectivity index (χ3n) is 1.88. The van der Waals surface area contributed by atoms with Crippen LogP contribution < -0.4 is 4.74 Å². The van der Waals surface area contributed by atoms with Gasteiger partial charge in [-0.3, -0.25) is 4.79 Å². The molecule has 1 rings (SSSR count). The summed E-state index contributed by atoms with van der Waals surface area (Å²) >= 11 is 5.37. The Labute approximate surface area is 103 Å². The molecule has 1 aromatic rings. The van der Waals surface area contributed by atoms with E-state index < -0.39 is 47.5 Å². The molecule has 0 unspecified atom stereocenters. The molecule has 0 aliphatic carbocycles. The molecular formula is C9H6ClF4NO3. The van der Waals surface area contributed by atoms with E-state index in [9.17, 15) is 22.4 Å². The van der Waals surface area contributed by atoms with Crippen LogP contribution in [0.5, 0.6) is 5.88 Å². The molecule has 0 aliphatic heterocycles. The van der Waals surface area contributed by atoms with Crippen molar-refractivity contribution in [3.63, 3.8) is 0 Å². The van der Waals surface area contributed by atoms with Crippen LogP contribution in [-0.2, 0) is 17.1 Å². The average Bonchev–Trinajstić information content (AvgIpc) is 2.20. The quantitative estimate of drug-likeness (QED) is 0.683. The molecule has 100 valence electrons. The van der Waals surface area contributed by atoms with E-state index >= 15 is 0 Å². The van der Waals surface area contributed by atoms with Gasteiger partial charge in [-0.05, 0) is 0 Å². The fraction of sp³-hybridized carbons (Fsp3) is 0.333. The zero-order valence-electron chi connectivity index (χ0n) is 8.59. The summed E-state index contributed by atoms with van der Waals surface area (Å²) in [4.78, 5) is 13.6. The first-order chi connectivity index (χ1) is 8.24. The van der Waals surface area contributed by atoms with Crippen molar-refractivity contribution in [3.8, 4) is 5.88 Å². The lowest BCUT2D eigenvalue weighted by Crippen LogP contribution is -2.20. The van der Waals surface area contributed by atoms with E-state index in [0.29, 0.717) is 6.20 Å². The number of pyridine rings is 1. The third kappa shape index (κ3) is 3.73. The highest BCUT2D eigenvalue weighted by molar-refractivity contribution is 6.17. The van der Waals surface area contributed by atoms with E-state index in [1.165, 1.54) is 0 Å². The van der Waals surface area contributed by atoms with Crippen LogP contribution in [0, 0.1) is 5.82 Å². The van der Waals surface area contributed by atoms with Crippen molar-refractivity contribution in [1.82, 2.24) is 4.98 Å². The minimum atomic E-state index is -5.02. The van der Waals surface area contributed by atoms with Crippen molar-refractivity contribution in [2.24, 2.45) is 0 Å². The molecule has 0 aromatic carbocycles. The van der Waals surface area contributed by atoms with Gasteiger partial charge in [-0.1, -0.05) is 0 Å². The number of carbonyl (C=O) groups is 1. The van der Waals surface area contributed by atoms with Gasteiger partial charge >= 0.3 is 12.3 Å². The topological polar surface area (TPSA) is 59.4 Å². The standard InChI is InChI=1S/C9H6ClF4NO3/c10-2-5-4(1-7(16)17)6(11)3-15-8(5)18-9(12,13)14/h3H,1-2H2,(H,16,17). The van der Waals surface area contributed by atoms with Crippen molar-refractivity contribution < 1.29 is 32.2 Å². The molecule has 1 aromatic heterocycles. The lowest BCUT2D eigenvalue weighted by Gasteiger charge is -2.13. The molecule has 0 spiro atoms. The number of aromatic nitrogens is 1. The van der Waals surface area contributed by atoms with Gasteiger partial charge in [-0.25, -0.2) is 9.37 Å². The predicted octanol–water partition coefficient (Wildman–Crippen LogP) is 2.49. The summed E-state index contributed by atoms with van der Waals surface area (Å²) in [5.74, 6) is -3.97. The minimum absolute atomic E-state index is 0.434. The second-order valence-electron chi connectivity index (χ2n) is 3.12.